The molecule has 2 aromatic rings. The molecule has 0 aromatic carbocycles. The molecule has 22 heavy (non-hydrogen) atoms. The third-order valence-corrected chi connectivity index (χ3v) is 3.65. The van der Waals surface area contributed by atoms with Gasteiger partial charge in [0.1, 0.15) is 18.1 Å². The van der Waals surface area contributed by atoms with Gasteiger partial charge >= 0.3 is 12.3 Å². The van der Waals surface area contributed by atoms with Crippen LogP contribution in [-0.4, -0.2) is 31.5 Å². The fourth-order valence-electron chi connectivity index (χ4n) is 2.48. The molecule has 0 amide bonds. The molecule has 1 aliphatic carbocycles. The number of alkyl halides is 3. The Morgan fingerprint density at radius 2 is 2.14 bits per heavy atom. The van der Waals surface area contributed by atoms with Crippen LogP contribution in [0.2, 0.25) is 0 Å². The van der Waals surface area contributed by atoms with E-state index in [9.17, 15) is 18.0 Å². The summed E-state index contributed by atoms with van der Waals surface area (Å²) in [6.07, 6.45) is 0.558. The third kappa shape index (κ3) is 2.58. The second-order valence-corrected chi connectivity index (χ2v) is 5.22. The van der Waals surface area contributed by atoms with Crippen LogP contribution in [0.3, 0.4) is 0 Å². The van der Waals surface area contributed by atoms with Crippen LogP contribution < -0.4 is 0 Å². The summed E-state index contributed by atoms with van der Waals surface area (Å²) in [7, 11) is 0. The lowest BCUT2D eigenvalue weighted by molar-refractivity contribution is -0.147. The van der Waals surface area contributed by atoms with Gasteiger partial charge in [0.15, 0.2) is 0 Å². The van der Waals surface area contributed by atoms with Crippen molar-refractivity contribution in [3.8, 4) is 0 Å². The SMILES string of the molecule is Cc1cnn(C2CC(OC(=O)n3ccnc3)C2)c1C(F)(F)F. The zero-order valence-corrected chi connectivity index (χ0v) is 11.6. The average Bonchev–Trinajstić information content (AvgIpc) is 3.00. The second-order valence-electron chi connectivity index (χ2n) is 5.22. The molecule has 0 bridgehead atoms. The molecule has 0 spiro atoms. The minimum absolute atomic E-state index is 0.0892. The Balaban J connectivity index is 1.64. The van der Waals surface area contributed by atoms with E-state index in [-0.39, 0.29) is 5.56 Å². The van der Waals surface area contributed by atoms with Gasteiger partial charge in [0.2, 0.25) is 0 Å². The molecule has 3 rings (SSSR count). The second kappa shape index (κ2) is 5.15. The molecule has 1 aliphatic rings. The van der Waals surface area contributed by atoms with Crippen LogP contribution >= 0.6 is 0 Å². The molecule has 2 heterocycles. The predicted octanol–water partition coefficient (Wildman–Crippen LogP) is 2.80. The molecule has 0 unspecified atom stereocenters. The summed E-state index contributed by atoms with van der Waals surface area (Å²) in [6.45, 7) is 1.38. The molecule has 118 valence electrons. The van der Waals surface area contributed by atoms with Gasteiger partial charge < -0.3 is 4.74 Å². The summed E-state index contributed by atoms with van der Waals surface area (Å²) in [5.74, 6) is 0. The van der Waals surface area contributed by atoms with Crippen molar-refractivity contribution in [1.82, 2.24) is 19.3 Å². The van der Waals surface area contributed by atoms with Crippen molar-refractivity contribution >= 4 is 6.09 Å². The molecule has 0 saturated heterocycles. The van der Waals surface area contributed by atoms with Crippen LogP contribution in [0.15, 0.2) is 24.9 Å². The number of aryl methyl sites for hydroxylation is 1. The highest BCUT2D eigenvalue weighted by atomic mass is 19.4. The number of carbonyl (C=O) groups is 1. The zero-order valence-electron chi connectivity index (χ0n) is 11.6. The molecule has 0 N–H and O–H groups in total. The van der Waals surface area contributed by atoms with Gasteiger partial charge in [-0.2, -0.15) is 18.3 Å². The van der Waals surface area contributed by atoms with Crippen LogP contribution in [0.25, 0.3) is 0 Å². The molecule has 1 fully saturated rings. The molecule has 9 heteroatoms. The van der Waals surface area contributed by atoms with E-state index in [0.29, 0.717) is 12.8 Å². The highest BCUT2D eigenvalue weighted by Gasteiger charge is 2.42. The first-order valence-electron chi connectivity index (χ1n) is 6.66. The van der Waals surface area contributed by atoms with E-state index in [2.05, 4.69) is 10.1 Å². The number of hydrogen-bond donors (Lipinski definition) is 0. The summed E-state index contributed by atoms with van der Waals surface area (Å²) in [5, 5.41) is 3.81. The van der Waals surface area contributed by atoms with Crippen molar-refractivity contribution in [1.29, 1.82) is 0 Å². The Morgan fingerprint density at radius 1 is 1.41 bits per heavy atom. The van der Waals surface area contributed by atoms with Gasteiger partial charge in [-0.3, -0.25) is 4.68 Å². The van der Waals surface area contributed by atoms with E-state index in [1.165, 1.54) is 36.4 Å². The third-order valence-electron chi connectivity index (χ3n) is 3.65. The Bertz CT molecular complexity index is 672. The van der Waals surface area contributed by atoms with Gasteiger partial charge in [-0.1, -0.05) is 0 Å². The summed E-state index contributed by atoms with van der Waals surface area (Å²) in [6, 6.07) is -0.411. The average molecular weight is 314 g/mol. The van der Waals surface area contributed by atoms with Crippen molar-refractivity contribution in [3.63, 3.8) is 0 Å². The lowest BCUT2D eigenvalue weighted by Crippen LogP contribution is -2.37. The van der Waals surface area contributed by atoms with Crippen LogP contribution in [0.4, 0.5) is 18.0 Å². The first-order valence-corrected chi connectivity index (χ1v) is 6.66. The molecule has 2 aromatic heterocycles. The summed E-state index contributed by atoms with van der Waals surface area (Å²) in [5.41, 5.74) is -0.650. The van der Waals surface area contributed by atoms with Gasteiger partial charge in [-0.15, -0.1) is 0 Å². The Kier molecular flexibility index (Phi) is 3.42. The standard InChI is InChI=1S/C13H13F3N4O2/c1-8-6-18-20(11(8)13(14,15)16)9-4-10(5-9)22-12(21)19-3-2-17-7-19/h2-3,6-7,9-10H,4-5H2,1H3. The number of imidazole rings is 1. The maximum Gasteiger partial charge on any atom is 0.433 e. The van der Waals surface area contributed by atoms with E-state index < -0.39 is 30.1 Å². The first-order chi connectivity index (χ1) is 10.4. The van der Waals surface area contributed by atoms with E-state index in [0.717, 1.165) is 4.68 Å². The number of rotatable bonds is 2. The van der Waals surface area contributed by atoms with Gasteiger partial charge in [0.05, 0.1) is 12.2 Å². The Hall–Kier alpha value is -2.32. The highest BCUT2D eigenvalue weighted by molar-refractivity contribution is 5.70. The van der Waals surface area contributed by atoms with Gasteiger partial charge in [0, 0.05) is 25.2 Å². The Labute approximate surface area is 123 Å². The minimum atomic E-state index is -4.45. The molecular weight excluding hydrogens is 301 g/mol. The van der Waals surface area contributed by atoms with E-state index >= 15 is 0 Å². The van der Waals surface area contributed by atoms with Crippen LogP contribution in [-0.2, 0) is 10.9 Å². The smallest absolute Gasteiger partial charge is 0.433 e. The van der Waals surface area contributed by atoms with E-state index in [4.69, 9.17) is 4.74 Å². The summed E-state index contributed by atoms with van der Waals surface area (Å²) in [4.78, 5) is 15.4. The molecule has 6 nitrogen and oxygen atoms in total. The lowest BCUT2D eigenvalue weighted by atomic mass is 9.89. The number of nitrogens with zero attached hydrogens (tertiary/aromatic N) is 4. The normalized spacial score (nSPS) is 21.5. The lowest BCUT2D eigenvalue weighted by Gasteiger charge is -2.35. The van der Waals surface area contributed by atoms with Crippen molar-refractivity contribution in [2.75, 3.05) is 0 Å². The highest BCUT2D eigenvalue weighted by Crippen LogP contribution is 2.40. The first kappa shape index (κ1) is 14.6. The number of carbonyl (C=O) groups excluding carboxylic acids is 1. The quantitative estimate of drug-likeness (QED) is 0.855. The molecule has 1 saturated carbocycles. The van der Waals surface area contributed by atoms with E-state index in [1.54, 1.807) is 0 Å². The number of hydrogen-bond acceptors (Lipinski definition) is 4. The van der Waals surface area contributed by atoms with Crippen LogP contribution in [0.5, 0.6) is 0 Å². The van der Waals surface area contributed by atoms with Gasteiger partial charge in [-0.25, -0.2) is 14.3 Å². The van der Waals surface area contributed by atoms with Crippen molar-refractivity contribution in [2.45, 2.75) is 38.1 Å². The summed E-state index contributed by atoms with van der Waals surface area (Å²) < 4.78 is 46.3. The molecular formula is C13H13F3N4O2. The minimum Gasteiger partial charge on any atom is -0.445 e. The van der Waals surface area contributed by atoms with Gasteiger partial charge in [0.25, 0.3) is 0 Å². The van der Waals surface area contributed by atoms with Crippen LogP contribution in [0, 0.1) is 6.92 Å². The van der Waals surface area contributed by atoms with Crippen molar-refractivity contribution < 1.29 is 22.7 Å². The predicted molar refractivity (Wildman–Crippen MR) is 68.1 cm³/mol. The summed E-state index contributed by atoms with van der Waals surface area (Å²) >= 11 is 0. The van der Waals surface area contributed by atoms with Crippen LogP contribution in [0.1, 0.15) is 30.1 Å². The fourth-order valence-corrected chi connectivity index (χ4v) is 2.48. The monoisotopic (exact) mass is 314 g/mol. The number of aromatic nitrogens is 4. The fraction of sp³-hybridized carbons (Fsp3) is 0.462. The van der Waals surface area contributed by atoms with Crippen molar-refractivity contribution in [2.24, 2.45) is 0 Å². The Morgan fingerprint density at radius 3 is 2.73 bits per heavy atom. The number of ether oxygens (including phenoxy) is 1. The zero-order chi connectivity index (χ0) is 15.9. The molecule has 0 radical (unpaired) electrons. The topological polar surface area (TPSA) is 61.9 Å². The van der Waals surface area contributed by atoms with Gasteiger partial charge in [-0.05, 0) is 12.5 Å². The van der Waals surface area contributed by atoms with Crippen molar-refractivity contribution in [3.05, 3.63) is 36.2 Å². The maximum absolute atomic E-state index is 13.0. The number of halogens is 3. The van der Waals surface area contributed by atoms with E-state index in [1.807, 2.05) is 0 Å². The molecule has 0 aliphatic heterocycles. The maximum atomic E-state index is 13.0. The largest absolute Gasteiger partial charge is 0.445 e. The molecule has 0 atom stereocenters.